The second kappa shape index (κ2) is 8.92. The predicted molar refractivity (Wildman–Crippen MR) is 126 cm³/mol. The summed E-state index contributed by atoms with van der Waals surface area (Å²) in [5.74, 6) is 1.11. The minimum absolute atomic E-state index is 0.303. The third-order valence-corrected chi connectivity index (χ3v) is 6.50. The summed E-state index contributed by atoms with van der Waals surface area (Å²) >= 11 is 6.43. The molecule has 0 bridgehead atoms. The van der Waals surface area contributed by atoms with Gasteiger partial charge in [-0.1, -0.05) is 29.8 Å². The number of hydrogen-bond acceptors (Lipinski definition) is 6. The van der Waals surface area contributed by atoms with Gasteiger partial charge in [0, 0.05) is 49.5 Å². The summed E-state index contributed by atoms with van der Waals surface area (Å²) in [4.78, 5) is 13.9. The number of aromatic nitrogens is 2. The molecule has 3 heterocycles. The van der Waals surface area contributed by atoms with Crippen LogP contribution >= 0.6 is 11.6 Å². The van der Waals surface area contributed by atoms with Crippen LogP contribution < -0.4 is 15.1 Å². The minimum Gasteiger partial charge on any atom is -0.378 e. The highest BCUT2D eigenvalue weighted by Crippen LogP contribution is 2.33. The summed E-state index contributed by atoms with van der Waals surface area (Å²) in [7, 11) is 0. The number of anilines is 3. The molecule has 1 fully saturated rings. The molecule has 2 aliphatic heterocycles. The summed E-state index contributed by atoms with van der Waals surface area (Å²) in [5.41, 5.74) is 4.27. The van der Waals surface area contributed by atoms with Crippen LogP contribution in [-0.2, 0) is 11.3 Å². The quantitative estimate of drug-likeness (QED) is 0.627. The van der Waals surface area contributed by atoms with Crippen LogP contribution in [0.4, 0.5) is 21.7 Å². The van der Waals surface area contributed by atoms with E-state index in [1.165, 1.54) is 6.07 Å². The zero-order valence-corrected chi connectivity index (χ0v) is 18.7. The molecule has 8 heteroatoms. The fourth-order valence-corrected chi connectivity index (χ4v) is 4.38. The molecular formula is C24H25ClFN5O. The van der Waals surface area contributed by atoms with Gasteiger partial charge in [-0.05, 0) is 30.7 Å². The van der Waals surface area contributed by atoms with Gasteiger partial charge in [0.1, 0.15) is 5.82 Å². The van der Waals surface area contributed by atoms with E-state index in [1.54, 1.807) is 12.3 Å². The van der Waals surface area contributed by atoms with Crippen LogP contribution in [0.1, 0.15) is 11.1 Å². The first-order valence-corrected chi connectivity index (χ1v) is 11.2. The number of fused-ring (bicyclic) bond motifs is 1. The number of halogens is 2. The second-order valence-electron chi connectivity index (χ2n) is 8.08. The van der Waals surface area contributed by atoms with Gasteiger partial charge in [-0.25, -0.2) is 14.4 Å². The van der Waals surface area contributed by atoms with Gasteiger partial charge in [0.25, 0.3) is 0 Å². The number of rotatable bonds is 4. The first kappa shape index (κ1) is 21.0. The van der Waals surface area contributed by atoms with Crippen molar-refractivity contribution < 1.29 is 9.13 Å². The maximum absolute atomic E-state index is 14.6. The highest BCUT2D eigenvalue weighted by molar-refractivity contribution is 6.32. The highest BCUT2D eigenvalue weighted by Gasteiger charge is 2.23. The van der Waals surface area contributed by atoms with E-state index >= 15 is 0 Å². The molecule has 6 nitrogen and oxygen atoms in total. The topological polar surface area (TPSA) is 53.5 Å². The zero-order valence-electron chi connectivity index (χ0n) is 17.9. The Morgan fingerprint density at radius 2 is 2.00 bits per heavy atom. The minimum atomic E-state index is -0.303. The third-order valence-electron chi connectivity index (χ3n) is 5.97. The molecule has 5 rings (SSSR count). The molecule has 1 aromatic heterocycles. The van der Waals surface area contributed by atoms with Crippen LogP contribution in [0.2, 0.25) is 5.02 Å². The molecule has 2 aliphatic rings. The van der Waals surface area contributed by atoms with Crippen molar-refractivity contribution in [2.24, 2.45) is 0 Å². The second-order valence-corrected chi connectivity index (χ2v) is 8.46. The van der Waals surface area contributed by atoms with Gasteiger partial charge in [0.15, 0.2) is 11.6 Å². The molecule has 32 heavy (non-hydrogen) atoms. The van der Waals surface area contributed by atoms with Crippen molar-refractivity contribution in [2.45, 2.75) is 13.5 Å². The molecule has 166 valence electrons. The first-order chi connectivity index (χ1) is 15.6. The van der Waals surface area contributed by atoms with Crippen LogP contribution in [0.5, 0.6) is 0 Å². The Labute approximate surface area is 192 Å². The smallest absolute Gasteiger partial charge is 0.172 e. The summed E-state index contributed by atoms with van der Waals surface area (Å²) < 4.78 is 20.0. The molecule has 2 aromatic carbocycles. The van der Waals surface area contributed by atoms with Gasteiger partial charge in [-0.2, -0.15) is 0 Å². The lowest BCUT2D eigenvalue weighted by molar-refractivity contribution is 0.122. The van der Waals surface area contributed by atoms with Gasteiger partial charge >= 0.3 is 0 Å². The normalized spacial score (nSPS) is 16.0. The number of ether oxygens (including phenoxy) is 1. The van der Waals surface area contributed by atoms with Gasteiger partial charge in [-0.15, -0.1) is 0 Å². The van der Waals surface area contributed by atoms with Crippen molar-refractivity contribution in [1.82, 2.24) is 9.97 Å². The monoisotopic (exact) mass is 453 g/mol. The largest absolute Gasteiger partial charge is 0.378 e. The summed E-state index contributed by atoms with van der Waals surface area (Å²) in [5, 5.41) is 3.76. The summed E-state index contributed by atoms with van der Waals surface area (Å²) in [6.07, 6.45) is 1.79. The standard InChI is InChI=1S/C24H25ClFN5O/c1-16-5-6-20(26)19(22(16)25)15-31-8-7-27-23-24(31)29-21(14-28-23)17-3-2-4-18(13-17)30-9-11-32-12-10-30/h2-6,13-14H,7-12,15H2,1H3,(H,27,28). The van der Waals surface area contributed by atoms with E-state index in [4.69, 9.17) is 21.3 Å². The molecule has 0 aliphatic carbocycles. The number of benzene rings is 2. The number of nitrogens with zero attached hydrogens (tertiary/aromatic N) is 4. The summed E-state index contributed by atoms with van der Waals surface area (Å²) in [6.45, 7) is 6.84. The van der Waals surface area contributed by atoms with Crippen LogP contribution in [0, 0.1) is 12.7 Å². The van der Waals surface area contributed by atoms with E-state index < -0.39 is 0 Å². The van der Waals surface area contributed by atoms with Gasteiger partial charge in [0.2, 0.25) is 0 Å². The van der Waals surface area contributed by atoms with Gasteiger partial charge in [0.05, 0.1) is 30.1 Å². The Balaban J connectivity index is 1.47. The van der Waals surface area contributed by atoms with Crippen molar-refractivity contribution in [2.75, 3.05) is 54.5 Å². The Kier molecular flexibility index (Phi) is 5.85. The van der Waals surface area contributed by atoms with E-state index in [0.717, 1.165) is 48.8 Å². The average Bonchev–Trinajstić information content (AvgIpc) is 2.84. The lowest BCUT2D eigenvalue weighted by Gasteiger charge is -2.31. The lowest BCUT2D eigenvalue weighted by atomic mass is 10.1. The Hall–Kier alpha value is -2.90. The molecule has 0 atom stereocenters. The molecule has 0 amide bonds. The molecule has 3 aromatic rings. The lowest BCUT2D eigenvalue weighted by Crippen LogP contribution is -2.36. The fourth-order valence-electron chi connectivity index (χ4n) is 4.17. The van der Waals surface area contributed by atoms with Crippen LogP contribution in [0.25, 0.3) is 11.3 Å². The molecule has 0 unspecified atom stereocenters. The van der Waals surface area contributed by atoms with Gasteiger partial charge < -0.3 is 19.9 Å². The first-order valence-electron chi connectivity index (χ1n) is 10.8. The Morgan fingerprint density at radius 3 is 2.84 bits per heavy atom. The molecule has 0 radical (unpaired) electrons. The number of hydrogen-bond donors (Lipinski definition) is 1. The van der Waals surface area contributed by atoms with E-state index in [0.29, 0.717) is 41.9 Å². The van der Waals surface area contributed by atoms with Crippen molar-refractivity contribution >= 4 is 28.9 Å². The van der Waals surface area contributed by atoms with E-state index in [9.17, 15) is 4.39 Å². The van der Waals surface area contributed by atoms with E-state index in [-0.39, 0.29) is 5.82 Å². The predicted octanol–water partition coefficient (Wildman–Crippen LogP) is 4.51. The Morgan fingerprint density at radius 1 is 1.16 bits per heavy atom. The zero-order chi connectivity index (χ0) is 22.1. The average molecular weight is 454 g/mol. The number of nitrogens with one attached hydrogen (secondary N) is 1. The molecular weight excluding hydrogens is 429 g/mol. The van der Waals surface area contributed by atoms with Crippen LogP contribution in [0.3, 0.4) is 0 Å². The van der Waals surface area contributed by atoms with Crippen molar-refractivity contribution in [3.05, 3.63) is 64.6 Å². The highest BCUT2D eigenvalue weighted by atomic mass is 35.5. The fraction of sp³-hybridized carbons (Fsp3) is 0.333. The van der Waals surface area contributed by atoms with Crippen molar-refractivity contribution in [1.29, 1.82) is 0 Å². The summed E-state index contributed by atoms with van der Waals surface area (Å²) in [6, 6.07) is 11.5. The maximum Gasteiger partial charge on any atom is 0.172 e. The van der Waals surface area contributed by atoms with Crippen molar-refractivity contribution in [3.63, 3.8) is 0 Å². The molecule has 0 saturated carbocycles. The van der Waals surface area contributed by atoms with Crippen LogP contribution in [0.15, 0.2) is 42.6 Å². The van der Waals surface area contributed by atoms with E-state index in [2.05, 4.69) is 27.3 Å². The molecule has 1 N–H and O–H groups in total. The van der Waals surface area contributed by atoms with Gasteiger partial charge in [-0.3, -0.25) is 0 Å². The maximum atomic E-state index is 14.6. The third kappa shape index (κ3) is 4.10. The SMILES string of the molecule is Cc1ccc(F)c(CN2CCNc3ncc(-c4cccc(N5CCOCC5)c4)nc32)c1Cl. The van der Waals surface area contributed by atoms with Crippen LogP contribution in [-0.4, -0.2) is 49.4 Å². The molecule has 0 spiro atoms. The Bertz CT molecular complexity index is 1140. The van der Waals surface area contributed by atoms with Crippen molar-refractivity contribution in [3.8, 4) is 11.3 Å². The van der Waals surface area contributed by atoms with E-state index in [1.807, 2.05) is 24.0 Å². The number of aryl methyl sites for hydroxylation is 1. The number of morpholine rings is 1. The molecule has 1 saturated heterocycles.